The molecule has 2 aromatic heterocycles. The first-order valence-electron chi connectivity index (χ1n) is 8.10. The van der Waals surface area contributed by atoms with Crippen LogP contribution in [0.25, 0.3) is 11.0 Å². The van der Waals surface area contributed by atoms with Crippen molar-refractivity contribution < 1.29 is 4.79 Å². The van der Waals surface area contributed by atoms with Crippen LogP contribution in [0.2, 0.25) is 0 Å². The smallest absolute Gasteiger partial charge is 0.257 e. The number of nitrogens with one attached hydrogen (secondary N) is 1. The number of hydrogen-bond acceptors (Lipinski definition) is 3. The molecule has 0 aliphatic rings. The number of aromatic nitrogens is 3. The summed E-state index contributed by atoms with van der Waals surface area (Å²) in [5.74, 6) is -0.151. The molecule has 5 heteroatoms. The Bertz CT molecular complexity index is 925. The summed E-state index contributed by atoms with van der Waals surface area (Å²) in [7, 11) is 0. The van der Waals surface area contributed by atoms with Crippen LogP contribution < -0.4 is 5.32 Å². The summed E-state index contributed by atoms with van der Waals surface area (Å²) in [6.45, 7) is 10.1. The van der Waals surface area contributed by atoms with Crippen LogP contribution in [0.15, 0.2) is 30.5 Å². The van der Waals surface area contributed by atoms with E-state index in [4.69, 9.17) is 0 Å². The Balaban J connectivity index is 1.94. The number of nitrogens with zero attached hydrogens (tertiary/aromatic N) is 3. The SMILES string of the molecule is Cc1ccc(NC(=O)c2cc3cnn(C(C)C)c3nc2C)cc1C. The van der Waals surface area contributed by atoms with Crippen LogP contribution >= 0.6 is 0 Å². The molecule has 1 N–H and O–H groups in total. The third-order valence-electron chi connectivity index (χ3n) is 4.26. The number of hydrogen-bond donors (Lipinski definition) is 1. The molecule has 1 aromatic carbocycles. The highest BCUT2D eigenvalue weighted by Crippen LogP contribution is 2.21. The molecule has 24 heavy (non-hydrogen) atoms. The number of aryl methyl sites for hydroxylation is 3. The number of benzene rings is 1. The maximum atomic E-state index is 12.6. The summed E-state index contributed by atoms with van der Waals surface area (Å²) >= 11 is 0. The zero-order valence-electron chi connectivity index (χ0n) is 14.7. The molecule has 0 atom stereocenters. The molecule has 3 rings (SSSR count). The number of anilines is 1. The van der Waals surface area contributed by atoms with Gasteiger partial charge in [-0.2, -0.15) is 5.10 Å². The van der Waals surface area contributed by atoms with Crippen molar-refractivity contribution in [3.63, 3.8) is 0 Å². The normalized spacial score (nSPS) is 11.2. The molecule has 0 fully saturated rings. The minimum absolute atomic E-state index is 0.151. The second-order valence-corrected chi connectivity index (χ2v) is 6.47. The lowest BCUT2D eigenvalue weighted by Crippen LogP contribution is -2.14. The van der Waals surface area contributed by atoms with E-state index in [9.17, 15) is 4.79 Å². The van der Waals surface area contributed by atoms with Crippen molar-refractivity contribution in [3.05, 3.63) is 52.8 Å². The first kappa shape index (κ1) is 16.2. The fraction of sp³-hybridized carbons (Fsp3) is 0.316. The van der Waals surface area contributed by atoms with Crippen molar-refractivity contribution in [1.82, 2.24) is 14.8 Å². The Kier molecular flexibility index (Phi) is 4.09. The molecule has 1 amide bonds. The van der Waals surface area contributed by atoms with Gasteiger partial charge >= 0.3 is 0 Å². The first-order valence-corrected chi connectivity index (χ1v) is 8.10. The molecule has 0 aliphatic carbocycles. The molecular weight excluding hydrogens is 300 g/mol. The van der Waals surface area contributed by atoms with Crippen LogP contribution in [0.1, 0.15) is 47.1 Å². The summed E-state index contributed by atoms with van der Waals surface area (Å²) in [6, 6.07) is 7.99. The third-order valence-corrected chi connectivity index (χ3v) is 4.26. The number of pyridine rings is 1. The van der Waals surface area contributed by atoms with E-state index < -0.39 is 0 Å². The summed E-state index contributed by atoms with van der Waals surface area (Å²) in [6.07, 6.45) is 1.76. The Morgan fingerprint density at radius 1 is 1.12 bits per heavy atom. The fourth-order valence-corrected chi connectivity index (χ4v) is 2.69. The third kappa shape index (κ3) is 2.89. The van der Waals surface area contributed by atoms with E-state index in [0.29, 0.717) is 11.3 Å². The summed E-state index contributed by atoms with van der Waals surface area (Å²) in [5, 5.41) is 8.19. The number of fused-ring (bicyclic) bond motifs is 1. The lowest BCUT2D eigenvalue weighted by Gasteiger charge is -2.11. The Morgan fingerprint density at radius 2 is 1.88 bits per heavy atom. The van der Waals surface area contributed by atoms with E-state index in [-0.39, 0.29) is 11.9 Å². The van der Waals surface area contributed by atoms with Gasteiger partial charge in [0.1, 0.15) is 0 Å². The van der Waals surface area contributed by atoms with Gasteiger partial charge in [-0.3, -0.25) is 4.79 Å². The van der Waals surface area contributed by atoms with Crippen LogP contribution in [0, 0.1) is 20.8 Å². The van der Waals surface area contributed by atoms with Gasteiger partial charge in [-0.25, -0.2) is 9.67 Å². The predicted molar refractivity (Wildman–Crippen MR) is 96.5 cm³/mol. The molecular formula is C19H22N4O. The molecule has 0 spiro atoms. The quantitative estimate of drug-likeness (QED) is 0.786. The molecule has 3 aromatic rings. The lowest BCUT2D eigenvalue weighted by molar-refractivity contribution is 0.102. The van der Waals surface area contributed by atoms with Crippen molar-refractivity contribution >= 4 is 22.6 Å². The van der Waals surface area contributed by atoms with E-state index in [1.165, 1.54) is 5.56 Å². The van der Waals surface area contributed by atoms with Gasteiger partial charge in [0.2, 0.25) is 0 Å². The van der Waals surface area contributed by atoms with E-state index in [0.717, 1.165) is 22.3 Å². The van der Waals surface area contributed by atoms with E-state index in [1.807, 2.05) is 42.8 Å². The van der Waals surface area contributed by atoms with Crippen LogP contribution in [0.3, 0.4) is 0 Å². The van der Waals surface area contributed by atoms with Gasteiger partial charge in [0.05, 0.1) is 17.5 Å². The number of rotatable bonds is 3. The van der Waals surface area contributed by atoms with Crippen LogP contribution in [0.4, 0.5) is 5.69 Å². The zero-order chi connectivity index (χ0) is 17.4. The van der Waals surface area contributed by atoms with Crippen molar-refractivity contribution in [3.8, 4) is 0 Å². The maximum Gasteiger partial charge on any atom is 0.257 e. The molecule has 0 aliphatic heterocycles. The molecule has 0 radical (unpaired) electrons. The van der Waals surface area contributed by atoms with Gasteiger partial charge < -0.3 is 5.32 Å². The fourth-order valence-electron chi connectivity index (χ4n) is 2.69. The number of carbonyl (C=O) groups excluding carboxylic acids is 1. The van der Waals surface area contributed by atoms with Gasteiger partial charge in [-0.15, -0.1) is 0 Å². The van der Waals surface area contributed by atoms with Gasteiger partial charge in [0.25, 0.3) is 5.91 Å². The second kappa shape index (κ2) is 6.07. The largest absolute Gasteiger partial charge is 0.322 e. The molecule has 0 saturated heterocycles. The van der Waals surface area contributed by atoms with Gasteiger partial charge in [0, 0.05) is 17.1 Å². The van der Waals surface area contributed by atoms with Crippen molar-refractivity contribution in [2.45, 2.75) is 40.7 Å². The molecule has 2 heterocycles. The van der Waals surface area contributed by atoms with Crippen LogP contribution in [0.5, 0.6) is 0 Å². The lowest BCUT2D eigenvalue weighted by atomic mass is 10.1. The molecule has 5 nitrogen and oxygen atoms in total. The molecule has 0 bridgehead atoms. The Hall–Kier alpha value is -2.69. The maximum absolute atomic E-state index is 12.6. The summed E-state index contributed by atoms with van der Waals surface area (Å²) in [5.41, 5.74) is 5.23. The summed E-state index contributed by atoms with van der Waals surface area (Å²) < 4.78 is 1.87. The van der Waals surface area contributed by atoms with E-state index in [1.54, 1.807) is 6.20 Å². The van der Waals surface area contributed by atoms with Gasteiger partial charge in [-0.1, -0.05) is 6.07 Å². The highest BCUT2D eigenvalue weighted by atomic mass is 16.1. The minimum atomic E-state index is -0.151. The van der Waals surface area contributed by atoms with Gasteiger partial charge in [0.15, 0.2) is 5.65 Å². The highest BCUT2D eigenvalue weighted by Gasteiger charge is 2.15. The molecule has 0 saturated carbocycles. The van der Waals surface area contributed by atoms with Crippen molar-refractivity contribution in [2.24, 2.45) is 0 Å². The second-order valence-electron chi connectivity index (χ2n) is 6.47. The van der Waals surface area contributed by atoms with Crippen LogP contribution in [-0.4, -0.2) is 20.7 Å². The monoisotopic (exact) mass is 322 g/mol. The molecule has 124 valence electrons. The molecule has 0 unspecified atom stereocenters. The van der Waals surface area contributed by atoms with Gasteiger partial charge in [-0.05, 0) is 63.9 Å². The number of amides is 1. The predicted octanol–water partition coefficient (Wildman–Crippen LogP) is 4.19. The standard InChI is InChI=1S/C19H22N4O/c1-11(2)23-18-15(10-20-23)9-17(14(5)21-18)19(24)22-16-7-6-12(3)13(4)8-16/h6-11H,1-5H3,(H,22,24). The van der Waals surface area contributed by atoms with Crippen LogP contribution in [-0.2, 0) is 0 Å². The number of carbonyl (C=O) groups is 1. The average Bonchev–Trinajstić information content (AvgIpc) is 2.93. The minimum Gasteiger partial charge on any atom is -0.322 e. The average molecular weight is 322 g/mol. The summed E-state index contributed by atoms with van der Waals surface area (Å²) in [4.78, 5) is 17.2. The Labute approximate surface area is 141 Å². The van der Waals surface area contributed by atoms with Crippen molar-refractivity contribution in [2.75, 3.05) is 5.32 Å². The highest BCUT2D eigenvalue weighted by molar-refractivity contribution is 6.06. The Morgan fingerprint density at radius 3 is 2.54 bits per heavy atom. The van der Waals surface area contributed by atoms with E-state index in [2.05, 4.69) is 36.2 Å². The zero-order valence-corrected chi connectivity index (χ0v) is 14.7. The van der Waals surface area contributed by atoms with Crippen molar-refractivity contribution in [1.29, 1.82) is 0 Å². The topological polar surface area (TPSA) is 59.8 Å². The first-order chi connectivity index (χ1) is 11.4. The van der Waals surface area contributed by atoms with E-state index >= 15 is 0 Å².